The van der Waals surface area contributed by atoms with Crippen molar-refractivity contribution in [3.05, 3.63) is 23.8 Å². The van der Waals surface area contributed by atoms with Gasteiger partial charge in [0.15, 0.2) is 0 Å². The number of halogens is 1. The van der Waals surface area contributed by atoms with Crippen LogP contribution in [-0.4, -0.2) is 44.8 Å². The van der Waals surface area contributed by atoms with Crippen LogP contribution in [-0.2, 0) is 14.8 Å². The minimum absolute atomic E-state index is 0. The highest BCUT2D eigenvalue weighted by Crippen LogP contribution is 2.26. The second-order valence-electron chi connectivity index (χ2n) is 6.31. The van der Waals surface area contributed by atoms with E-state index in [0.29, 0.717) is 24.7 Å². The Hall–Kier alpha value is -1.15. The quantitative estimate of drug-likeness (QED) is 0.782. The molecule has 0 spiro atoms. The predicted octanol–water partition coefficient (Wildman–Crippen LogP) is 2.39. The van der Waals surface area contributed by atoms with Crippen molar-refractivity contribution in [2.24, 2.45) is 5.92 Å². The molecular weight excluding hydrogens is 362 g/mol. The highest BCUT2D eigenvalue weighted by molar-refractivity contribution is 7.89. The number of sulfonamides is 1. The van der Waals surface area contributed by atoms with Gasteiger partial charge in [-0.3, -0.25) is 4.79 Å². The molecule has 1 fully saturated rings. The summed E-state index contributed by atoms with van der Waals surface area (Å²) < 4.78 is 27.3. The lowest BCUT2D eigenvalue weighted by Crippen LogP contribution is -2.40. The predicted molar refractivity (Wildman–Crippen MR) is 103 cm³/mol. The summed E-state index contributed by atoms with van der Waals surface area (Å²) in [7, 11) is -3.52. The maximum Gasteiger partial charge on any atom is 0.243 e. The van der Waals surface area contributed by atoms with Crippen molar-refractivity contribution in [2.75, 3.05) is 31.5 Å². The van der Waals surface area contributed by atoms with Gasteiger partial charge in [0.25, 0.3) is 0 Å². The second kappa shape index (κ2) is 9.52. The molecule has 1 amide bonds. The molecule has 0 unspecified atom stereocenters. The van der Waals surface area contributed by atoms with Crippen molar-refractivity contribution in [3.63, 3.8) is 0 Å². The lowest BCUT2D eigenvalue weighted by Gasteiger charge is -2.31. The Kier molecular flexibility index (Phi) is 8.34. The normalized spacial score (nSPS) is 16.3. The lowest BCUT2D eigenvalue weighted by molar-refractivity contribution is -0.114. The number of carbonyl (C=O) groups is 1. The SMILES string of the molecule is CCNCC1CCN(S(=O)(=O)c2ccc(C)c(NC(C)=O)c2)CC1.Cl. The fraction of sp³-hybridized carbons (Fsp3) is 0.588. The standard InChI is InChI=1S/C17H27N3O3S.ClH/c1-4-18-12-15-7-9-20(10-8-15)24(22,23)16-6-5-13(2)17(11-16)19-14(3)21;/h5-6,11,15,18H,4,7-10,12H2,1-3H3,(H,19,21);1H. The summed E-state index contributed by atoms with van der Waals surface area (Å²) in [5, 5.41) is 6.02. The van der Waals surface area contributed by atoms with Gasteiger partial charge in [0, 0.05) is 25.7 Å². The van der Waals surface area contributed by atoms with Crippen LogP contribution in [0, 0.1) is 12.8 Å². The first-order valence-electron chi connectivity index (χ1n) is 8.43. The molecule has 6 nitrogen and oxygen atoms in total. The number of nitrogens with zero attached hydrogens (tertiary/aromatic N) is 1. The maximum atomic E-state index is 12.9. The number of piperidine rings is 1. The van der Waals surface area contributed by atoms with Gasteiger partial charge in [0.1, 0.15) is 0 Å². The molecule has 2 N–H and O–H groups in total. The number of amides is 1. The highest BCUT2D eigenvalue weighted by atomic mass is 35.5. The molecule has 0 radical (unpaired) electrons. The summed E-state index contributed by atoms with van der Waals surface area (Å²) in [6.45, 7) is 8.30. The highest BCUT2D eigenvalue weighted by Gasteiger charge is 2.29. The number of aryl methyl sites for hydroxylation is 1. The smallest absolute Gasteiger partial charge is 0.243 e. The molecule has 0 aromatic heterocycles. The molecule has 1 aromatic carbocycles. The Morgan fingerprint density at radius 3 is 2.48 bits per heavy atom. The number of nitrogens with one attached hydrogen (secondary N) is 2. The fourth-order valence-corrected chi connectivity index (χ4v) is 4.43. The number of carbonyl (C=O) groups excluding carboxylic acids is 1. The number of hydrogen-bond donors (Lipinski definition) is 2. The van der Waals surface area contributed by atoms with Gasteiger partial charge in [-0.2, -0.15) is 4.31 Å². The van der Waals surface area contributed by atoms with Gasteiger partial charge in [-0.1, -0.05) is 13.0 Å². The van der Waals surface area contributed by atoms with Gasteiger partial charge >= 0.3 is 0 Å². The molecule has 142 valence electrons. The van der Waals surface area contributed by atoms with Gasteiger partial charge in [-0.15, -0.1) is 12.4 Å². The Bertz CT molecular complexity index is 686. The zero-order valence-corrected chi connectivity index (χ0v) is 16.7. The molecule has 8 heteroatoms. The van der Waals surface area contributed by atoms with Crippen LogP contribution in [0.15, 0.2) is 23.1 Å². The average molecular weight is 390 g/mol. The molecule has 0 atom stereocenters. The van der Waals surface area contributed by atoms with Crippen LogP contribution < -0.4 is 10.6 Å². The van der Waals surface area contributed by atoms with E-state index in [-0.39, 0.29) is 23.2 Å². The molecule has 0 saturated carbocycles. The molecule has 1 aromatic rings. The first kappa shape index (κ1) is 21.9. The Morgan fingerprint density at radius 1 is 1.28 bits per heavy atom. The molecule has 1 aliphatic rings. The van der Waals surface area contributed by atoms with Crippen LogP contribution in [0.5, 0.6) is 0 Å². The van der Waals surface area contributed by atoms with E-state index in [1.165, 1.54) is 6.92 Å². The van der Waals surface area contributed by atoms with Gasteiger partial charge < -0.3 is 10.6 Å². The van der Waals surface area contributed by atoms with E-state index in [0.717, 1.165) is 31.5 Å². The Labute approximate surface area is 156 Å². The molecule has 25 heavy (non-hydrogen) atoms. The molecular formula is C17H28ClN3O3S. The van der Waals surface area contributed by atoms with Crippen molar-refractivity contribution in [1.82, 2.24) is 9.62 Å². The van der Waals surface area contributed by atoms with Gasteiger partial charge in [-0.25, -0.2) is 8.42 Å². The Balaban J connectivity index is 0.00000312. The molecule has 1 saturated heterocycles. The third-order valence-electron chi connectivity index (χ3n) is 4.41. The van der Waals surface area contributed by atoms with Crippen molar-refractivity contribution in [3.8, 4) is 0 Å². The van der Waals surface area contributed by atoms with Gasteiger partial charge in [0.2, 0.25) is 15.9 Å². The van der Waals surface area contributed by atoms with Crippen LogP contribution in [0.1, 0.15) is 32.3 Å². The monoisotopic (exact) mass is 389 g/mol. The number of benzene rings is 1. The van der Waals surface area contributed by atoms with E-state index in [1.807, 2.05) is 6.92 Å². The van der Waals surface area contributed by atoms with Crippen molar-refractivity contribution in [2.45, 2.75) is 38.5 Å². The third-order valence-corrected chi connectivity index (χ3v) is 6.31. The van der Waals surface area contributed by atoms with Crippen LogP contribution in [0.2, 0.25) is 0 Å². The summed E-state index contributed by atoms with van der Waals surface area (Å²) >= 11 is 0. The van der Waals surface area contributed by atoms with E-state index >= 15 is 0 Å². The Morgan fingerprint density at radius 2 is 1.92 bits per heavy atom. The van der Waals surface area contributed by atoms with E-state index in [1.54, 1.807) is 22.5 Å². The van der Waals surface area contributed by atoms with Crippen LogP contribution >= 0.6 is 12.4 Å². The van der Waals surface area contributed by atoms with Crippen LogP contribution in [0.4, 0.5) is 5.69 Å². The number of rotatable bonds is 6. The molecule has 0 aliphatic carbocycles. The molecule has 0 bridgehead atoms. The average Bonchev–Trinajstić information content (AvgIpc) is 2.54. The zero-order valence-electron chi connectivity index (χ0n) is 15.0. The van der Waals surface area contributed by atoms with Crippen molar-refractivity contribution >= 4 is 34.0 Å². The summed E-state index contributed by atoms with van der Waals surface area (Å²) in [6.07, 6.45) is 1.74. The largest absolute Gasteiger partial charge is 0.326 e. The van der Waals surface area contributed by atoms with E-state index in [2.05, 4.69) is 17.6 Å². The fourth-order valence-electron chi connectivity index (χ4n) is 2.94. The minimum atomic E-state index is -3.52. The molecule has 1 aliphatic heterocycles. The van der Waals surface area contributed by atoms with Crippen molar-refractivity contribution in [1.29, 1.82) is 0 Å². The third kappa shape index (κ3) is 5.67. The van der Waals surface area contributed by atoms with Crippen molar-refractivity contribution < 1.29 is 13.2 Å². The van der Waals surface area contributed by atoms with Gasteiger partial charge in [-0.05, 0) is 56.5 Å². The minimum Gasteiger partial charge on any atom is -0.326 e. The summed E-state index contributed by atoms with van der Waals surface area (Å²) in [6, 6.07) is 4.90. The summed E-state index contributed by atoms with van der Waals surface area (Å²) in [4.78, 5) is 11.5. The summed E-state index contributed by atoms with van der Waals surface area (Å²) in [5.74, 6) is 0.321. The number of anilines is 1. The van der Waals surface area contributed by atoms with E-state index in [9.17, 15) is 13.2 Å². The molecule has 1 heterocycles. The number of hydrogen-bond acceptors (Lipinski definition) is 4. The lowest BCUT2D eigenvalue weighted by atomic mass is 9.98. The topological polar surface area (TPSA) is 78.5 Å². The van der Waals surface area contributed by atoms with E-state index < -0.39 is 10.0 Å². The first-order valence-corrected chi connectivity index (χ1v) is 9.87. The van der Waals surface area contributed by atoms with E-state index in [4.69, 9.17) is 0 Å². The zero-order chi connectivity index (χ0) is 17.7. The maximum absolute atomic E-state index is 12.9. The van der Waals surface area contributed by atoms with Crippen LogP contribution in [0.25, 0.3) is 0 Å². The second-order valence-corrected chi connectivity index (χ2v) is 8.25. The molecule has 2 rings (SSSR count). The first-order chi connectivity index (χ1) is 11.3. The van der Waals surface area contributed by atoms with Crippen LogP contribution in [0.3, 0.4) is 0 Å². The van der Waals surface area contributed by atoms with Gasteiger partial charge in [0.05, 0.1) is 4.90 Å². The summed E-state index contributed by atoms with van der Waals surface area (Å²) in [5.41, 5.74) is 1.39.